The lowest BCUT2D eigenvalue weighted by molar-refractivity contribution is 0.0954. The summed E-state index contributed by atoms with van der Waals surface area (Å²) in [5, 5.41) is 8.66. The molecule has 0 atom stereocenters. The van der Waals surface area contributed by atoms with Crippen LogP contribution in [0.4, 0.5) is 8.78 Å². The number of amides is 1. The van der Waals surface area contributed by atoms with Gasteiger partial charge in [0, 0.05) is 37.8 Å². The Labute approximate surface area is 145 Å². The molecule has 7 heteroatoms. The Kier molecular flexibility index (Phi) is 6.88. The Hall–Kier alpha value is -2.96. The molecule has 0 spiro atoms. The summed E-state index contributed by atoms with van der Waals surface area (Å²) in [5.41, 5.74) is 0.798. The number of carbonyl (C=O) groups excluding carboxylic acids is 1. The number of rotatable bonds is 6. The number of benzene rings is 2. The van der Waals surface area contributed by atoms with Crippen molar-refractivity contribution in [3.8, 4) is 0 Å². The normalized spacial score (nSPS) is 11.1. The number of nitrogens with zero attached hydrogens (tertiary/aromatic N) is 1. The van der Waals surface area contributed by atoms with Gasteiger partial charge in [-0.1, -0.05) is 18.2 Å². The Morgan fingerprint density at radius 1 is 1.00 bits per heavy atom. The van der Waals surface area contributed by atoms with E-state index in [0.29, 0.717) is 24.6 Å². The first-order valence-electron chi connectivity index (χ1n) is 7.82. The molecule has 0 unspecified atom stereocenters. The largest absolute Gasteiger partial charge is 0.355 e. The maximum absolute atomic E-state index is 13.6. The fourth-order valence-corrected chi connectivity index (χ4v) is 2.13. The second kappa shape index (κ2) is 9.36. The van der Waals surface area contributed by atoms with Gasteiger partial charge in [0.1, 0.15) is 11.6 Å². The van der Waals surface area contributed by atoms with E-state index in [9.17, 15) is 13.6 Å². The van der Waals surface area contributed by atoms with Crippen LogP contribution >= 0.6 is 0 Å². The average Bonchev–Trinajstić information content (AvgIpc) is 2.64. The van der Waals surface area contributed by atoms with Crippen LogP contribution in [0.1, 0.15) is 15.9 Å². The van der Waals surface area contributed by atoms with Crippen LogP contribution in [0, 0.1) is 11.6 Å². The molecule has 0 aliphatic heterocycles. The number of hydrogen-bond acceptors (Lipinski definition) is 2. The van der Waals surface area contributed by atoms with E-state index in [2.05, 4.69) is 20.9 Å². The zero-order valence-electron chi connectivity index (χ0n) is 13.9. The van der Waals surface area contributed by atoms with Crippen LogP contribution < -0.4 is 16.0 Å². The Bertz CT molecular complexity index is 735. The third-order valence-electron chi connectivity index (χ3n) is 3.42. The van der Waals surface area contributed by atoms with E-state index in [-0.39, 0.29) is 18.0 Å². The maximum Gasteiger partial charge on any atom is 0.251 e. The average molecular weight is 346 g/mol. The van der Waals surface area contributed by atoms with Crippen LogP contribution in [0.3, 0.4) is 0 Å². The second-order valence-corrected chi connectivity index (χ2v) is 5.21. The number of halogens is 2. The number of nitrogens with one attached hydrogen (secondary N) is 3. The molecule has 2 aromatic rings. The molecular weight excluding hydrogens is 326 g/mol. The number of carbonyl (C=O) groups is 1. The van der Waals surface area contributed by atoms with Crippen molar-refractivity contribution in [2.45, 2.75) is 6.54 Å². The van der Waals surface area contributed by atoms with Gasteiger partial charge in [-0.3, -0.25) is 9.79 Å². The van der Waals surface area contributed by atoms with E-state index in [4.69, 9.17) is 0 Å². The molecule has 0 aromatic heterocycles. The van der Waals surface area contributed by atoms with Crippen molar-refractivity contribution in [3.05, 3.63) is 71.3 Å². The van der Waals surface area contributed by atoms with Crippen LogP contribution in [0.5, 0.6) is 0 Å². The summed E-state index contributed by atoms with van der Waals surface area (Å²) in [5.74, 6) is -0.714. The summed E-state index contributed by atoms with van der Waals surface area (Å²) in [6, 6.07) is 12.2. The van der Waals surface area contributed by atoms with Gasteiger partial charge in [0.25, 0.3) is 5.91 Å². The first-order chi connectivity index (χ1) is 12.1. The van der Waals surface area contributed by atoms with Crippen molar-refractivity contribution < 1.29 is 13.6 Å². The standard InChI is InChI=1S/C18H20F2N4O/c1-21-18(24-12-14-11-15(19)7-8-16(14)20)23-10-9-22-17(25)13-5-3-2-4-6-13/h2-8,11H,9-10,12H2,1H3,(H,22,25)(H2,21,23,24). The van der Waals surface area contributed by atoms with Gasteiger partial charge in [-0.15, -0.1) is 0 Å². The molecule has 2 aromatic carbocycles. The first kappa shape index (κ1) is 18.4. The van der Waals surface area contributed by atoms with Gasteiger partial charge in [0.2, 0.25) is 0 Å². The quantitative estimate of drug-likeness (QED) is 0.426. The Morgan fingerprint density at radius 3 is 2.44 bits per heavy atom. The van der Waals surface area contributed by atoms with Crippen molar-refractivity contribution in [1.29, 1.82) is 0 Å². The molecule has 25 heavy (non-hydrogen) atoms. The van der Waals surface area contributed by atoms with E-state index in [1.54, 1.807) is 31.3 Å². The molecule has 0 aliphatic carbocycles. The zero-order valence-corrected chi connectivity index (χ0v) is 13.9. The molecule has 2 rings (SSSR count). The van der Waals surface area contributed by atoms with Crippen LogP contribution in [0.15, 0.2) is 53.5 Å². The van der Waals surface area contributed by atoms with E-state index in [1.807, 2.05) is 6.07 Å². The predicted molar refractivity (Wildman–Crippen MR) is 93.3 cm³/mol. The lowest BCUT2D eigenvalue weighted by atomic mass is 10.2. The van der Waals surface area contributed by atoms with Gasteiger partial charge in [-0.2, -0.15) is 0 Å². The minimum absolute atomic E-state index is 0.0969. The van der Waals surface area contributed by atoms with E-state index >= 15 is 0 Å². The second-order valence-electron chi connectivity index (χ2n) is 5.21. The van der Waals surface area contributed by atoms with Gasteiger partial charge < -0.3 is 16.0 Å². The van der Waals surface area contributed by atoms with Crippen molar-refractivity contribution >= 4 is 11.9 Å². The van der Waals surface area contributed by atoms with Gasteiger partial charge in [-0.05, 0) is 30.3 Å². The van der Waals surface area contributed by atoms with Gasteiger partial charge in [0.15, 0.2) is 5.96 Å². The topological polar surface area (TPSA) is 65.5 Å². The zero-order chi connectivity index (χ0) is 18.1. The number of aliphatic imine (C=N–C) groups is 1. The SMILES string of the molecule is CN=C(NCCNC(=O)c1ccccc1)NCc1cc(F)ccc1F. The van der Waals surface area contributed by atoms with Crippen LogP contribution in [-0.2, 0) is 6.54 Å². The molecule has 0 saturated carbocycles. The molecule has 1 amide bonds. The fourth-order valence-electron chi connectivity index (χ4n) is 2.13. The van der Waals surface area contributed by atoms with Crippen molar-refractivity contribution in [3.63, 3.8) is 0 Å². The third-order valence-corrected chi connectivity index (χ3v) is 3.42. The van der Waals surface area contributed by atoms with E-state index in [0.717, 1.165) is 18.2 Å². The predicted octanol–water partition coefficient (Wildman–Crippen LogP) is 2.06. The first-order valence-corrected chi connectivity index (χ1v) is 7.82. The fraction of sp³-hybridized carbons (Fsp3) is 0.222. The van der Waals surface area contributed by atoms with Crippen molar-refractivity contribution in [1.82, 2.24) is 16.0 Å². The highest BCUT2D eigenvalue weighted by Gasteiger charge is 2.06. The monoisotopic (exact) mass is 346 g/mol. The summed E-state index contributed by atoms with van der Waals surface area (Å²) >= 11 is 0. The smallest absolute Gasteiger partial charge is 0.251 e. The van der Waals surface area contributed by atoms with Gasteiger partial charge >= 0.3 is 0 Å². The Morgan fingerprint density at radius 2 is 1.72 bits per heavy atom. The Balaban J connectivity index is 1.73. The highest BCUT2D eigenvalue weighted by Crippen LogP contribution is 2.08. The van der Waals surface area contributed by atoms with E-state index in [1.165, 1.54) is 0 Å². The lowest BCUT2D eigenvalue weighted by Gasteiger charge is -2.13. The molecule has 0 heterocycles. The molecule has 5 nitrogen and oxygen atoms in total. The summed E-state index contributed by atoms with van der Waals surface area (Å²) < 4.78 is 26.7. The summed E-state index contributed by atoms with van der Waals surface area (Å²) in [6.07, 6.45) is 0. The lowest BCUT2D eigenvalue weighted by Crippen LogP contribution is -2.41. The van der Waals surface area contributed by atoms with Crippen molar-refractivity contribution in [2.24, 2.45) is 4.99 Å². The molecule has 0 bridgehead atoms. The van der Waals surface area contributed by atoms with Gasteiger partial charge in [-0.25, -0.2) is 8.78 Å². The molecule has 0 saturated heterocycles. The van der Waals surface area contributed by atoms with Gasteiger partial charge in [0.05, 0.1) is 0 Å². The highest BCUT2D eigenvalue weighted by atomic mass is 19.1. The minimum atomic E-state index is -0.496. The summed E-state index contributed by atoms with van der Waals surface area (Å²) in [4.78, 5) is 15.9. The third kappa shape index (κ3) is 5.87. The summed E-state index contributed by atoms with van der Waals surface area (Å²) in [6.45, 7) is 0.923. The van der Waals surface area contributed by atoms with Crippen molar-refractivity contribution in [2.75, 3.05) is 20.1 Å². The molecule has 132 valence electrons. The number of guanidine groups is 1. The van der Waals surface area contributed by atoms with E-state index < -0.39 is 11.6 Å². The minimum Gasteiger partial charge on any atom is -0.355 e. The molecule has 0 radical (unpaired) electrons. The molecule has 0 aliphatic rings. The van der Waals surface area contributed by atoms with Crippen LogP contribution in [-0.4, -0.2) is 32.0 Å². The maximum atomic E-state index is 13.6. The van der Waals surface area contributed by atoms with Crippen LogP contribution in [0.25, 0.3) is 0 Å². The number of hydrogen-bond donors (Lipinski definition) is 3. The summed E-state index contributed by atoms with van der Waals surface area (Å²) in [7, 11) is 1.57. The molecular formula is C18H20F2N4O. The highest BCUT2D eigenvalue weighted by molar-refractivity contribution is 5.94. The molecule has 3 N–H and O–H groups in total. The molecule has 0 fully saturated rings. The van der Waals surface area contributed by atoms with Crippen LogP contribution in [0.2, 0.25) is 0 Å².